The molecule has 1 heterocycles. The summed E-state index contributed by atoms with van der Waals surface area (Å²) in [5.41, 5.74) is 2.24. The third-order valence-corrected chi connectivity index (χ3v) is 5.75. The van der Waals surface area contributed by atoms with Gasteiger partial charge in [-0.15, -0.1) is 0 Å². The minimum Gasteiger partial charge on any atom is -0.493 e. The summed E-state index contributed by atoms with van der Waals surface area (Å²) in [6, 6.07) is 17.3. The van der Waals surface area contributed by atoms with E-state index in [1.54, 1.807) is 7.11 Å². The third-order valence-electron chi connectivity index (χ3n) is 5.75. The van der Waals surface area contributed by atoms with Crippen LogP contribution in [0.15, 0.2) is 53.5 Å². The summed E-state index contributed by atoms with van der Waals surface area (Å²) in [7, 11) is 3.49. The summed E-state index contributed by atoms with van der Waals surface area (Å²) < 4.78 is 11.5. The Balaban J connectivity index is 1.51. The summed E-state index contributed by atoms with van der Waals surface area (Å²) in [6.07, 6.45) is 2.28. The monoisotopic (exact) mass is 424 g/mol. The Bertz CT molecular complexity index is 831. The van der Waals surface area contributed by atoms with Crippen molar-refractivity contribution in [1.82, 2.24) is 15.5 Å². The number of rotatable bonds is 8. The van der Waals surface area contributed by atoms with Crippen LogP contribution in [-0.4, -0.2) is 50.2 Å². The molecular weight excluding hydrogens is 388 g/mol. The molecule has 0 unspecified atom stereocenters. The molecular formula is C25H36N4O2. The molecule has 2 aromatic carbocycles. The average molecular weight is 425 g/mol. The molecule has 2 N–H and O–H groups in total. The van der Waals surface area contributed by atoms with Gasteiger partial charge in [-0.1, -0.05) is 36.4 Å². The topological polar surface area (TPSA) is 58.1 Å². The number of nitrogens with one attached hydrogen (secondary N) is 2. The lowest BCUT2D eigenvalue weighted by Crippen LogP contribution is -2.49. The Morgan fingerprint density at radius 2 is 1.81 bits per heavy atom. The van der Waals surface area contributed by atoms with Crippen LogP contribution in [0.2, 0.25) is 0 Å². The predicted molar refractivity (Wildman–Crippen MR) is 127 cm³/mol. The van der Waals surface area contributed by atoms with Crippen LogP contribution in [0, 0.1) is 0 Å². The van der Waals surface area contributed by atoms with Gasteiger partial charge in [0.15, 0.2) is 17.5 Å². The molecule has 6 heteroatoms. The lowest BCUT2D eigenvalue weighted by Gasteiger charge is -2.35. The van der Waals surface area contributed by atoms with Crippen LogP contribution in [0.25, 0.3) is 0 Å². The van der Waals surface area contributed by atoms with E-state index in [1.807, 2.05) is 37.4 Å². The Hall–Kier alpha value is -2.73. The van der Waals surface area contributed by atoms with Crippen LogP contribution < -0.4 is 20.1 Å². The molecule has 168 valence electrons. The molecule has 1 fully saturated rings. The van der Waals surface area contributed by atoms with Crippen molar-refractivity contribution in [1.29, 1.82) is 0 Å². The summed E-state index contributed by atoms with van der Waals surface area (Å²) in [4.78, 5) is 6.93. The largest absolute Gasteiger partial charge is 0.493 e. The molecule has 0 radical (unpaired) electrons. The molecule has 1 aliphatic heterocycles. The van der Waals surface area contributed by atoms with Gasteiger partial charge in [0.2, 0.25) is 0 Å². The van der Waals surface area contributed by atoms with E-state index in [0.717, 1.165) is 54.5 Å². The quantitative estimate of drug-likeness (QED) is 0.498. The first-order valence-corrected chi connectivity index (χ1v) is 11.1. The van der Waals surface area contributed by atoms with E-state index in [1.165, 1.54) is 0 Å². The van der Waals surface area contributed by atoms with Gasteiger partial charge in [-0.05, 0) is 49.9 Å². The number of methoxy groups -OCH3 is 1. The molecule has 1 saturated heterocycles. The van der Waals surface area contributed by atoms with Crippen molar-refractivity contribution < 1.29 is 9.47 Å². The van der Waals surface area contributed by atoms with Crippen LogP contribution in [0.3, 0.4) is 0 Å². The summed E-state index contributed by atoms with van der Waals surface area (Å²) in [6.45, 7) is 7.98. The van der Waals surface area contributed by atoms with Gasteiger partial charge in [-0.3, -0.25) is 4.99 Å². The molecule has 0 saturated carbocycles. The number of nitrogens with zero attached hydrogens (tertiary/aromatic N) is 2. The smallest absolute Gasteiger partial charge is 0.191 e. The van der Waals surface area contributed by atoms with Gasteiger partial charge in [-0.2, -0.15) is 0 Å². The lowest BCUT2D eigenvalue weighted by molar-refractivity contribution is 0.167. The Morgan fingerprint density at radius 3 is 2.45 bits per heavy atom. The standard InChI is InChI=1S/C25H36N4O2/c1-19(2)29-14-12-22(13-15-29)28-25(26-3)27-17-21-10-11-23(24(16-21)30-4)31-18-20-8-6-5-7-9-20/h5-11,16,19,22H,12-15,17-18H2,1-4H3,(H2,26,27,28). The highest BCUT2D eigenvalue weighted by Crippen LogP contribution is 2.28. The number of benzene rings is 2. The Kier molecular flexibility index (Phi) is 8.59. The van der Waals surface area contributed by atoms with Crippen molar-refractivity contribution in [2.24, 2.45) is 4.99 Å². The molecule has 31 heavy (non-hydrogen) atoms. The number of likely N-dealkylation sites (tertiary alicyclic amines) is 1. The molecule has 0 atom stereocenters. The first kappa shape index (κ1) is 22.9. The van der Waals surface area contributed by atoms with E-state index < -0.39 is 0 Å². The Morgan fingerprint density at radius 1 is 1.06 bits per heavy atom. The number of aliphatic imine (C=N–C) groups is 1. The SMILES string of the molecule is CN=C(NCc1ccc(OCc2ccccc2)c(OC)c1)NC1CCN(C(C)C)CC1. The van der Waals surface area contributed by atoms with E-state index in [2.05, 4.69) is 52.6 Å². The zero-order valence-electron chi connectivity index (χ0n) is 19.2. The molecule has 3 rings (SSSR count). The van der Waals surface area contributed by atoms with E-state index in [0.29, 0.717) is 25.2 Å². The van der Waals surface area contributed by atoms with Gasteiger partial charge in [0.05, 0.1) is 7.11 Å². The number of hydrogen-bond acceptors (Lipinski definition) is 4. The van der Waals surface area contributed by atoms with Gasteiger partial charge in [-0.25, -0.2) is 0 Å². The van der Waals surface area contributed by atoms with E-state index in [4.69, 9.17) is 9.47 Å². The average Bonchev–Trinajstić information content (AvgIpc) is 2.81. The second kappa shape index (κ2) is 11.6. The maximum Gasteiger partial charge on any atom is 0.191 e. The van der Waals surface area contributed by atoms with E-state index >= 15 is 0 Å². The van der Waals surface area contributed by atoms with E-state index in [-0.39, 0.29) is 0 Å². The zero-order chi connectivity index (χ0) is 22.1. The maximum atomic E-state index is 5.96. The molecule has 6 nitrogen and oxygen atoms in total. The number of hydrogen-bond donors (Lipinski definition) is 2. The van der Waals surface area contributed by atoms with E-state index in [9.17, 15) is 0 Å². The van der Waals surface area contributed by atoms with Crippen LogP contribution in [-0.2, 0) is 13.2 Å². The van der Waals surface area contributed by atoms with Crippen LogP contribution in [0.1, 0.15) is 37.8 Å². The fourth-order valence-electron chi connectivity index (χ4n) is 3.81. The molecule has 0 spiro atoms. The molecule has 1 aliphatic rings. The van der Waals surface area contributed by atoms with Crippen molar-refractivity contribution in [2.75, 3.05) is 27.2 Å². The van der Waals surface area contributed by atoms with Gasteiger partial charge in [0, 0.05) is 38.8 Å². The van der Waals surface area contributed by atoms with Gasteiger partial charge < -0.3 is 25.0 Å². The van der Waals surface area contributed by atoms with Crippen LogP contribution >= 0.6 is 0 Å². The van der Waals surface area contributed by atoms with Gasteiger partial charge in [0.1, 0.15) is 6.61 Å². The first-order chi connectivity index (χ1) is 15.1. The Labute approximate surface area is 186 Å². The molecule has 0 amide bonds. The molecule has 2 aromatic rings. The van der Waals surface area contributed by atoms with Gasteiger partial charge in [0.25, 0.3) is 0 Å². The zero-order valence-corrected chi connectivity index (χ0v) is 19.2. The number of ether oxygens (including phenoxy) is 2. The van der Waals surface area contributed by atoms with Crippen molar-refractivity contribution >= 4 is 5.96 Å². The van der Waals surface area contributed by atoms with Crippen molar-refractivity contribution in [2.45, 2.75) is 51.9 Å². The minimum atomic E-state index is 0.462. The second-order valence-corrected chi connectivity index (χ2v) is 8.23. The highest BCUT2D eigenvalue weighted by molar-refractivity contribution is 5.80. The summed E-state index contributed by atoms with van der Waals surface area (Å²) >= 11 is 0. The molecule has 0 aliphatic carbocycles. The normalized spacial score (nSPS) is 15.7. The highest BCUT2D eigenvalue weighted by atomic mass is 16.5. The fraction of sp³-hybridized carbons (Fsp3) is 0.480. The highest BCUT2D eigenvalue weighted by Gasteiger charge is 2.21. The second-order valence-electron chi connectivity index (χ2n) is 8.23. The van der Waals surface area contributed by atoms with Crippen molar-refractivity contribution in [3.63, 3.8) is 0 Å². The van der Waals surface area contributed by atoms with Crippen LogP contribution in [0.4, 0.5) is 0 Å². The first-order valence-electron chi connectivity index (χ1n) is 11.1. The van der Waals surface area contributed by atoms with Gasteiger partial charge >= 0.3 is 0 Å². The number of piperidine rings is 1. The predicted octanol–water partition coefficient (Wildman–Crippen LogP) is 3.81. The van der Waals surface area contributed by atoms with Crippen molar-refractivity contribution in [3.05, 3.63) is 59.7 Å². The molecule has 0 aromatic heterocycles. The lowest BCUT2D eigenvalue weighted by atomic mass is 10.0. The molecule has 0 bridgehead atoms. The fourth-order valence-corrected chi connectivity index (χ4v) is 3.81. The van der Waals surface area contributed by atoms with Crippen LogP contribution in [0.5, 0.6) is 11.5 Å². The number of guanidine groups is 1. The summed E-state index contributed by atoms with van der Waals surface area (Å²) in [5, 5.41) is 6.99. The maximum absolute atomic E-state index is 5.96. The summed E-state index contributed by atoms with van der Waals surface area (Å²) in [5.74, 6) is 2.32. The minimum absolute atomic E-state index is 0.462. The third kappa shape index (κ3) is 6.89. The van der Waals surface area contributed by atoms with Crippen molar-refractivity contribution in [3.8, 4) is 11.5 Å².